The van der Waals surface area contributed by atoms with Crippen LogP contribution in [-0.2, 0) is 16.2 Å². The number of nitrogens with zero attached hydrogens (tertiary/aromatic N) is 2. The van der Waals surface area contributed by atoms with E-state index in [-0.39, 0.29) is 21.1 Å². The number of benzene rings is 2. The molecule has 4 rings (SSSR count). The zero-order valence-corrected chi connectivity index (χ0v) is 18.2. The van der Waals surface area contributed by atoms with Crippen molar-refractivity contribution >= 4 is 53.8 Å². The Labute approximate surface area is 182 Å². The molecule has 0 aliphatic carbocycles. The van der Waals surface area contributed by atoms with E-state index < -0.39 is 21.8 Å². The highest BCUT2D eigenvalue weighted by molar-refractivity contribution is 9.10. The highest BCUT2D eigenvalue weighted by atomic mass is 79.9. The first-order chi connectivity index (χ1) is 14.1. The van der Waals surface area contributed by atoms with Gasteiger partial charge < -0.3 is 9.64 Å². The van der Waals surface area contributed by atoms with Crippen LogP contribution in [0.25, 0.3) is 0 Å². The summed E-state index contributed by atoms with van der Waals surface area (Å²) in [7, 11) is -3.86. The fourth-order valence-electron chi connectivity index (χ4n) is 2.97. The fourth-order valence-corrected chi connectivity index (χ4v) is 5.36. The number of ether oxygens (including phenoxy) is 1. The van der Waals surface area contributed by atoms with Crippen molar-refractivity contribution in [3.63, 3.8) is 0 Å². The number of hydrogen-bond donors (Lipinski definition) is 1. The molecule has 1 N–H and O–H groups in total. The Hall–Kier alpha value is -2.31. The van der Waals surface area contributed by atoms with Crippen molar-refractivity contribution in [2.45, 2.75) is 11.1 Å². The molecule has 3 aromatic rings. The van der Waals surface area contributed by atoms with E-state index in [1.165, 1.54) is 24.4 Å². The quantitative estimate of drug-likeness (QED) is 0.509. The first-order valence-corrected chi connectivity index (χ1v) is 11.6. The Balaban J connectivity index is 1.67. The summed E-state index contributed by atoms with van der Waals surface area (Å²) in [6.45, 7) is 0.629. The molecule has 0 amide bonds. The summed E-state index contributed by atoms with van der Waals surface area (Å²) in [6, 6.07) is 7.75. The molecule has 2 heterocycles. The Morgan fingerprint density at radius 2 is 1.93 bits per heavy atom. The molecule has 0 radical (unpaired) electrons. The zero-order chi connectivity index (χ0) is 21.5. The number of nitrogens with one attached hydrogen (secondary N) is 1. The zero-order valence-electron chi connectivity index (χ0n) is 15.0. The second-order valence-electron chi connectivity index (χ2n) is 6.24. The van der Waals surface area contributed by atoms with Crippen molar-refractivity contribution in [3.8, 4) is 5.75 Å². The van der Waals surface area contributed by atoms with Gasteiger partial charge in [-0.3, -0.25) is 4.72 Å². The van der Waals surface area contributed by atoms with Gasteiger partial charge in [0.05, 0.1) is 28.4 Å². The maximum absolute atomic E-state index is 13.0. The van der Waals surface area contributed by atoms with Crippen LogP contribution < -0.4 is 14.4 Å². The highest BCUT2D eigenvalue weighted by Crippen LogP contribution is 2.42. The van der Waals surface area contributed by atoms with Crippen molar-refractivity contribution < 1.29 is 26.3 Å². The molecule has 6 nitrogen and oxygen atoms in total. The molecule has 0 spiro atoms. The van der Waals surface area contributed by atoms with Gasteiger partial charge in [0, 0.05) is 22.1 Å². The number of alkyl halides is 3. The van der Waals surface area contributed by atoms with Crippen molar-refractivity contribution in [2.75, 3.05) is 22.8 Å². The van der Waals surface area contributed by atoms with E-state index in [0.717, 1.165) is 23.5 Å². The van der Waals surface area contributed by atoms with Crippen molar-refractivity contribution in [1.82, 2.24) is 4.98 Å². The third-order valence-corrected chi connectivity index (χ3v) is 7.11. The molecule has 2 aromatic carbocycles. The molecule has 158 valence electrons. The normalized spacial score (nSPS) is 14.2. The molecule has 0 saturated heterocycles. The van der Waals surface area contributed by atoms with Crippen LogP contribution in [0, 0.1) is 0 Å². The lowest BCUT2D eigenvalue weighted by molar-refractivity contribution is -0.137. The van der Waals surface area contributed by atoms with Crippen LogP contribution in [0.3, 0.4) is 0 Å². The van der Waals surface area contributed by atoms with Crippen LogP contribution in [0.2, 0.25) is 0 Å². The lowest BCUT2D eigenvalue weighted by atomic mass is 10.1. The summed E-state index contributed by atoms with van der Waals surface area (Å²) in [5, 5.41) is 1.89. The molecule has 1 aliphatic rings. The van der Waals surface area contributed by atoms with E-state index in [9.17, 15) is 21.6 Å². The Morgan fingerprint density at radius 3 is 2.60 bits per heavy atom. The molecule has 0 saturated carbocycles. The van der Waals surface area contributed by atoms with Crippen LogP contribution in [0.1, 0.15) is 5.56 Å². The molecular weight excluding hydrogens is 507 g/mol. The molecule has 0 fully saturated rings. The number of aromatic nitrogens is 1. The van der Waals surface area contributed by atoms with Gasteiger partial charge in [0.1, 0.15) is 12.4 Å². The van der Waals surface area contributed by atoms with Crippen LogP contribution >= 0.6 is 27.3 Å². The second-order valence-corrected chi connectivity index (χ2v) is 9.67. The minimum Gasteiger partial charge on any atom is -0.489 e. The first-order valence-electron chi connectivity index (χ1n) is 8.48. The summed E-state index contributed by atoms with van der Waals surface area (Å²) in [4.78, 5) is 5.67. The number of rotatable bonds is 4. The number of halogens is 4. The van der Waals surface area contributed by atoms with E-state index >= 15 is 0 Å². The van der Waals surface area contributed by atoms with Crippen LogP contribution in [-0.4, -0.2) is 26.6 Å². The van der Waals surface area contributed by atoms with Gasteiger partial charge >= 0.3 is 6.18 Å². The highest BCUT2D eigenvalue weighted by Gasteiger charge is 2.32. The van der Waals surface area contributed by atoms with E-state index in [1.807, 2.05) is 0 Å². The predicted octanol–water partition coefficient (Wildman–Crippen LogP) is 5.26. The Kier molecular flexibility index (Phi) is 5.41. The first kappa shape index (κ1) is 20.9. The standard InChI is InChI=1S/C18H13BrF3N3O3S2/c19-13-9-11(18(20,21)22)1-3-14(13)25-6-7-28-16-10-12(2-4-15(16)25)30(26,27)24-17-23-5-8-29-17/h1-5,8-10H,6-7H2,(H,23,24). The van der Waals surface area contributed by atoms with Crippen LogP contribution in [0.15, 0.2) is 57.3 Å². The monoisotopic (exact) mass is 519 g/mol. The minimum atomic E-state index is -4.45. The molecule has 1 aliphatic heterocycles. The third-order valence-electron chi connectivity index (χ3n) is 4.32. The van der Waals surface area contributed by atoms with Gasteiger partial charge in [-0.1, -0.05) is 0 Å². The predicted molar refractivity (Wildman–Crippen MR) is 111 cm³/mol. The molecule has 0 unspecified atom stereocenters. The molecule has 1 aromatic heterocycles. The van der Waals surface area contributed by atoms with Crippen LogP contribution in [0.5, 0.6) is 5.75 Å². The van der Waals surface area contributed by atoms with Gasteiger partial charge in [-0.2, -0.15) is 13.2 Å². The largest absolute Gasteiger partial charge is 0.489 e. The van der Waals surface area contributed by atoms with E-state index in [4.69, 9.17) is 4.74 Å². The van der Waals surface area contributed by atoms with E-state index in [0.29, 0.717) is 23.7 Å². The van der Waals surface area contributed by atoms with Gasteiger partial charge in [0.2, 0.25) is 0 Å². The summed E-state index contributed by atoms with van der Waals surface area (Å²) >= 11 is 4.36. The van der Waals surface area contributed by atoms with Crippen LogP contribution in [0.4, 0.5) is 29.7 Å². The van der Waals surface area contributed by atoms with E-state index in [2.05, 4.69) is 25.6 Å². The van der Waals surface area contributed by atoms with E-state index in [1.54, 1.807) is 16.3 Å². The van der Waals surface area contributed by atoms with Gasteiger partial charge in [-0.15, -0.1) is 11.3 Å². The summed E-state index contributed by atoms with van der Waals surface area (Å²) in [5.74, 6) is 0.315. The molecule has 0 bridgehead atoms. The minimum absolute atomic E-state index is 0.00946. The molecular formula is C18H13BrF3N3O3S2. The second kappa shape index (κ2) is 7.75. The topological polar surface area (TPSA) is 71.5 Å². The number of hydrogen-bond acceptors (Lipinski definition) is 6. The number of sulfonamides is 1. The molecule has 0 atom stereocenters. The lowest BCUT2D eigenvalue weighted by Gasteiger charge is -2.32. The van der Waals surface area contributed by atoms with Crippen molar-refractivity contribution in [1.29, 1.82) is 0 Å². The molecule has 30 heavy (non-hydrogen) atoms. The fraction of sp³-hybridized carbons (Fsp3) is 0.167. The van der Waals surface area contributed by atoms with Crippen molar-refractivity contribution in [2.24, 2.45) is 0 Å². The maximum Gasteiger partial charge on any atom is 0.416 e. The van der Waals surface area contributed by atoms with Gasteiger partial charge in [0.25, 0.3) is 10.0 Å². The van der Waals surface area contributed by atoms with Gasteiger partial charge in [-0.25, -0.2) is 13.4 Å². The van der Waals surface area contributed by atoms with Gasteiger partial charge in [-0.05, 0) is 46.3 Å². The maximum atomic E-state index is 13.0. The van der Waals surface area contributed by atoms with Crippen molar-refractivity contribution in [3.05, 3.63) is 58.0 Å². The molecule has 12 heteroatoms. The van der Waals surface area contributed by atoms with Gasteiger partial charge in [0.15, 0.2) is 5.13 Å². The number of anilines is 3. The summed E-state index contributed by atoms with van der Waals surface area (Å²) < 4.78 is 72.3. The average Bonchev–Trinajstić information content (AvgIpc) is 3.18. The SMILES string of the molecule is O=S(=O)(Nc1nccs1)c1ccc2c(c1)OCCN2c1ccc(C(F)(F)F)cc1Br. The summed E-state index contributed by atoms with van der Waals surface area (Å²) in [6.07, 6.45) is -2.96. The smallest absolute Gasteiger partial charge is 0.416 e. The number of fused-ring (bicyclic) bond motifs is 1. The third kappa shape index (κ3) is 4.12. The summed E-state index contributed by atoms with van der Waals surface area (Å²) in [5.41, 5.74) is 0.306. The lowest BCUT2D eigenvalue weighted by Crippen LogP contribution is -2.29. The average molecular weight is 520 g/mol. The Bertz CT molecular complexity index is 1190. The Morgan fingerprint density at radius 1 is 1.17 bits per heavy atom. The number of thiazole rings is 1.